The molecule has 0 heterocycles. The smallest absolute Gasteiger partial charge is 0.251 e. The van der Waals surface area contributed by atoms with E-state index in [1.54, 1.807) is 0 Å². The van der Waals surface area contributed by atoms with Crippen LogP contribution < -0.4 is 15.8 Å². The van der Waals surface area contributed by atoms with E-state index >= 15 is 0 Å². The van der Waals surface area contributed by atoms with Crippen LogP contribution in [0.15, 0.2) is 42.5 Å². The molecule has 2 rings (SSSR count). The second kappa shape index (κ2) is 6.74. The minimum atomic E-state index is -0.552. The van der Waals surface area contributed by atoms with Crippen LogP contribution in [0, 0.1) is 5.82 Å². The van der Waals surface area contributed by atoms with Crippen molar-refractivity contribution in [3.05, 3.63) is 59.4 Å². The summed E-state index contributed by atoms with van der Waals surface area (Å²) in [4.78, 5) is 11.9. The second-order valence-corrected chi connectivity index (χ2v) is 4.60. The molecule has 0 aromatic heterocycles. The van der Waals surface area contributed by atoms with E-state index < -0.39 is 5.82 Å². The molecule has 3 N–H and O–H groups in total. The summed E-state index contributed by atoms with van der Waals surface area (Å²) < 4.78 is 18.3. The number of carbonyl (C=O) groups excluding carboxylic acids is 1. The van der Waals surface area contributed by atoms with Crippen molar-refractivity contribution in [2.45, 2.75) is 6.42 Å². The molecule has 0 radical (unpaired) electrons. The first-order valence-electron chi connectivity index (χ1n) is 6.56. The van der Waals surface area contributed by atoms with Gasteiger partial charge in [-0.1, -0.05) is 12.1 Å². The molecule has 0 bridgehead atoms. The standard InChI is InChI=1S/C16H17FN2O2/c1-21-15-7-4-12(10-14(15)17)16(20)19-9-8-11-2-5-13(18)6-3-11/h2-7,10H,8-9,18H2,1H3,(H,19,20). The van der Waals surface area contributed by atoms with Crippen molar-refractivity contribution in [2.24, 2.45) is 0 Å². The van der Waals surface area contributed by atoms with Gasteiger partial charge in [-0.2, -0.15) is 0 Å². The molecule has 110 valence electrons. The Labute approximate surface area is 122 Å². The van der Waals surface area contributed by atoms with Crippen molar-refractivity contribution in [1.82, 2.24) is 5.32 Å². The lowest BCUT2D eigenvalue weighted by Gasteiger charge is -2.07. The number of halogens is 1. The number of methoxy groups -OCH3 is 1. The molecule has 0 aliphatic carbocycles. The number of nitrogen functional groups attached to an aromatic ring is 1. The molecule has 2 aromatic carbocycles. The van der Waals surface area contributed by atoms with Gasteiger partial charge in [0.15, 0.2) is 11.6 Å². The average Bonchev–Trinajstić information content (AvgIpc) is 2.49. The molecule has 0 aliphatic heterocycles. The fourth-order valence-corrected chi connectivity index (χ4v) is 1.91. The summed E-state index contributed by atoms with van der Waals surface area (Å²) in [7, 11) is 1.38. The van der Waals surface area contributed by atoms with Crippen LogP contribution in [0.25, 0.3) is 0 Å². The topological polar surface area (TPSA) is 64.3 Å². The van der Waals surface area contributed by atoms with Crippen LogP contribution in [0.1, 0.15) is 15.9 Å². The van der Waals surface area contributed by atoms with Gasteiger partial charge in [0.25, 0.3) is 5.91 Å². The quantitative estimate of drug-likeness (QED) is 0.830. The lowest BCUT2D eigenvalue weighted by atomic mass is 10.1. The van der Waals surface area contributed by atoms with Crippen LogP contribution in [-0.2, 0) is 6.42 Å². The Hall–Kier alpha value is -2.56. The lowest BCUT2D eigenvalue weighted by Crippen LogP contribution is -2.25. The van der Waals surface area contributed by atoms with E-state index in [4.69, 9.17) is 10.5 Å². The Kier molecular flexibility index (Phi) is 4.77. The van der Waals surface area contributed by atoms with Crippen molar-refractivity contribution in [2.75, 3.05) is 19.4 Å². The highest BCUT2D eigenvalue weighted by atomic mass is 19.1. The Bertz CT molecular complexity index is 627. The summed E-state index contributed by atoms with van der Waals surface area (Å²) >= 11 is 0. The first kappa shape index (κ1) is 14.8. The largest absolute Gasteiger partial charge is 0.494 e. The molecular formula is C16H17FN2O2. The number of rotatable bonds is 5. The molecule has 0 unspecified atom stereocenters. The summed E-state index contributed by atoms with van der Waals surface area (Å²) in [6, 6.07) is 11.6. The van der Waals surface area contributed by atoms with Crippen molar-refractivity contribution < 1.29 is 13.9 Å². The van der Waals surface area contributed by atoms with Crippen LogP contribution in [0.5, 0.6) is 5.75 Å². The van der Waals surface area contributed by atoms with Gasteiger partial charge < -0.3 is 15.8 Å². The van der Waals surface area contributed by atoms with Gasteiger partial charge >= 0.3 is 0 Å². The molecule has 0 atom stereocenters. The van der Waals surface area contributed by atoms with Gasteiger partial charge in [-0.05, 0) is 42.3 Å². The molecule has 4 nitrogen and oxygen atoms in total. The van der Waals surface area contributed by atoms with Gasteiger partial charge in [-0.3, -0.25) is 4.79 Å². The third-order valence-corrected chi connectivity index (χ3v) is 3.09. The minimum Gasteiger partial charge on any atom is -0.494 e. The van der Waals surface area contributed by atoms with E-state index in [-0.39, 0.29) is 17.2 Å². The SMILES string of the molecule is COc1ccc(C(=O)NCCc2ccc(N)cc2)cc1F. The highest BCUT2D eigenvalue weighted by Crippen LogP contribution is 2.17. The zero-order chi connectivity index (χ0) is 15.2. The molecule has 5 heteroatoms. The number of nitrogens with two attached hydrogens (primary N) is 1. The molecule has 0 saturated heterocycles. The van der Waals surface area contributed by atoms with Crippen molar-refractivity contribution >= 4 is 11.6 Å². The highest BCUT2D eigenvalue weighted by molar-refractivity contribution is 5.94. The fourth-order valence-electron chi connectivity index (χ4n) is 1.91. The predicted octanol–water partition coefficient (Wildman–Crippen LogP) is 2.39. The molecule has 0 fully saturated rings. The predicted molar refractivity (Wildman–Crippen MR) is 79.8 cm³/mol. The van der Waals surface area contributed by atoms with Crippen LogP contribution in [0.2, 0.25) is 0 Å². The molecular weight excluding hydrogens is 271 g/mol. The number of carbonyl (C=O) groups is 1. The van der Waals surface area contributed by atoms with Gasteiger partial charge in [0.1, 0.15) is 0 Å². The number of anilines is 1. The summed E-state index contributed by atoms with van der Waals surface area (Å²) in [5.41, 5.74) is 7.65. The molecule has 21 heavy (non-hydrogen) atoms. The monoisotopic (exact) mass is 288 g/mol. The number of hydrogen-bond acceptors (Lipinski definition) is 3. The number of nitrogens with one attached hydrogen (secondary N) is 1. The third kappa shape index (κ3) is 3.95. The van der Waals surface area contributed by atoms with Gasteiger partial charge in [0.05, 0.1) is 7.11 Å². The average molecular weight is 288 g/mol. The Morgan fingerprint density at radius 1 is 1.24 bits per heavy atom. The van der Waals surface area contributed by atoms with Crippen LogP contribution in [0.3, 0.4) is 0 Å². The van der Waals surface area contributed by atoms with Crippen molar-refractivity contribution in [1.29, 1.82) is 0 Å². The van der Waals surface area contributed by atoms with E-state index in [0.717, 1.165) is 11.6 Å². The van der Waals surface area contributed by atoms with Crippen molar-refractivity contribution in [3.63, 3.8) is 0 Å². The lowest BCUT2D eigenvalue weighted by molar-refractivity contribution is 0.0953. The molecule has 0 saturated carbocycles. The summed E-state index contributed by atoms with van der Waals surface area (Å²) in [5.74, 6) is -0.746. The number of hydrogen-bond donors (Lipinski definition) is 2. The zero-order valence-corrected chi connectivity index (χ0v) is 11.7. The zero-order valence-electron chi connectivity index (χ0n) is 11.7. The van der Waals surface area contributed by atoms with Gasteiger partial charge in [0, 0.05) is 17.8 Å². The van der Waals surface area contributed by atoms with Crippen molar-refractivity contribution in [3.8, 4) is 5.75 Å². The second-order valence-electron chi connectivity index (χ2n) is 4.60. The van der Waals surface area contributed by atoms with Gasteiger partial charge in [-0.25, -0.2) is 4.39 Å². The fraction of sp³-hybridized carbons (Fsp3) is 0.188. The van der Waals surface area contributed by atoms with Gasteiger partial charge in [0.2, 0.25) is 0 Å². The first-order valence-corrected chi connectivity index (χ1v) is 6.56. The highest BCUT2D eigenvalue weighted by Gasteiger charge is 2.09. The van der Waals surface area contributed by atoms with Gasteiger partial charge in [-0.15, -0.1) is 0 Å². The van der Waals surface area contributed by atoms with E-state index in [2.05, 4.69) is 5.32 Å². The maximum absolute atomic E-state index is 13.5. The Morgan fingerprint density at radius 3 is 2.57 bits per heavy atom. The van der Waals surface area contributed by atoms with E-state index in [1.807, 2.05) is 24.3 Å². The molecule has 1 amide bonds. The number of amides is 1. The van der Waals surface area contributed by atoms with Crippen LogP contribution in [-0.4, -0.2) is 19.6 Å². The normalized spacial score (nSPS) is 10.2. The Morgan fingerprint density at radius 2 is 1.95 bits per heavy atom. The molecule has 2 aromatic rings. The van der Waals surface area contributed by atoms with E-state index in [1.165, 1.54) is 19.2 Å². The number of benzene rings is 2. The van der Waals surface area contributed by atoms with Crippen LogP contribution >= 0.6 is 0 Å². The van der Waals surface area contributed by atoms with E-state index in [9.17, 15) is 9.18 Å². The first-order chi connectivity index (χ1) is 10.1. The molecule has 0 aliphatic rings. The maximum atomic E-state index is 13.5. The third-order valence-electron chi connectivity index (χ3n) is 3.09. The van der Waals surface area contributed by atoms with E-state index in [0.29, 0.717) is 18.7 Å². The Balaban J connectivity index is 1.89. The molecule has 0 spiro atoms. The summed E-state index contributed by atoms with van der Waals surface area (Å²) in [5, 5.41) is 2.75. The summed E-state index contributed by atoms with van der Waals surface area (Å²) in [6.45, 7) is 0.469. The summed E-state index contributed by atoms with van der Waals surface area (Å²) in [6.07, 6.45) is 0.685. The number of ether oxygens (including phenoxy) is 1. The van der Waals surface area contributed by atoms with Crippen LogP contribution in [0.4, 0.5) is 10.1 Å². The minimum absolute atomic E-state index is 0.119. The maximum Gasteiger partial charge on any atom is 0.251 e.